The first-order chi connectivity index (χ1) is 12.1. The summed E-state index contributed by atoms with van der Waals surface area (Å²) in [6.07, 6.45) is 6.63. The van der Waals surface area contributed by atoms with E-state index in [0.29, 0.717) is 36.3 Å². The molecule has 3 aliphatic carbocycles. The number of ketones is 1. The Hall–Kier alpha value is -1.55. The molecule has 2 unspecified atom stereocenters. The van der Waals surface area contributed by atoms with Gasteiger partial charge in [0.1, 0.15) is 5.78 Å². The van der Waals surface area contributed by atoms with E-state index in [9.17, 15) is 9.90 Å². The third-order valence-corrected chi connectivity index (χ3v) is 6.82. The van der Waals surface area contributed by atoms with E-state index in [1.54, 1.807) is 7.11 Å². The van der Waals surface area contributed by atoms with Crippen molar-refractivity contribution >= 4 is 5.78 Å². The van der Waals surface area contributed by atoms with Gasteiger partial charge in [-0.2, -0.15) is 0 Å². The molecular formula is C21H29NO3. The molecule has 4 rings (SSSR count). The molecule has 4 heteroatoms. The third-order valence-electron chi connectivity index (χ3n) is 6.82. The van der Waals surface area contributed by atoms with Gasteiger partial charge in [0, 0.05) is 29.9 Å². The summed E-state index contributed by atoms with van der Waals surface area (Å²) in [6, 6.07) is 4.35. The van der Waals surface area contributed by atoms with Gasteiger partial charge < -0.3 is 15.2 Å². The van der Waals surface area contributed by atoms with Gasteiger partial charge in [-0.3, -0.25) is 4.79 Å². The quantitative estimate of drug-likeness (QED) is 0.861. The van der Waals surface area contributed by atoms with Crippen LogP contribution in [0.2, 0.25) is 0 Å². The Bertz CT molecular complexity index is 682. The molecule has 0 heterocycles. The normalized spacial score (nSPS) is 31.4. The lowest BCUT2D eigenvalue weighted by Crippen LogP contribution is -2.55. The van der Waals surface area contributed by atoms with E-state index in [1.807, 2.05) is 6.07 Å². The Balaban J connectivity index is 1.79. The second-order valence-corrected chi connectivity index (χ2v) is 8.18. The topological polar surface area (TPSA) is 58.6 Å². The molecule has 2 N–H and O–H groups in total. The number of Topliss-reactive ketones (excluding diaryl/α,β-unsaturated/α-hetero) is 1. The minimum absolute atomic E-state index is 0.252. The van der Waals surface area contributed by atoms with Crippen molar-refractivity contribution in [2.45, 2.75) is 63.3 Å². The molecule has 0 aromatic heterocycles. The highest BCUT2D eigenvalue weighted by Crippen LogP contribution is 2.55. The number of nitrogens with one attached hydrogen (secondary N) is 1. The SMILES string of the molecule is CC[C@@]12CC(=O)CCC1C(NCC1CC1)Cc1ccc(OC)c(O)c12. The molecule has 1 aromatic carbocycles. The van der Waals surface area contributed by atoms with E-state index >= 15 is 0 Å². The first-order valence-electron chi connectivity index (χ1n) is 9.73. The van der Waals surface area contributed by atoms with Crippen LogP contribution in [0.5, 0.6) is 11.5 Å². The van der Waals surface area contributed by atoms with Crippen LogP contribution in [0, 0.1) is 11.8 Å². The van der Waals surface area contributed by atoms with Crippen molar-refractivity contribution in [3.8, 4) is 11.5 Å². The van der Waals surface area contributed by atoms with Crippen molar-refractivity contribution in [2.75, 3.05) is 13.7 Å². The summed E-state index contributed by atoms with van der Waals surface area (Å²) >= 11 is 0. The molecule has 3 aliphatic rings. The average molecular weight is 343 g/mol. The first-order valence-corrected chi connectivity index (χ1v) is 9.73. The molecule has 0 spiro atoms. The van der Waals surface area contributed by atoms with Crippen LogP contribution in [-0.4, -0.2) is 30.6 Å². The predicted molar refractivity (Wildman–Crippen MR) is 97.2 cm³/mol. The molecule has 0 radical (unpaired) electrons. The highest BCUT2D eigenvalue weighted by atomic mass is 16.5. The second kappa shape index (κ2) is 6.31. The summed E-state index contributed by atoms with van der Waals surface area (Å²) < 4.78 is 5.37. The van der Waals surface area contributed by atoms with Crippen LogP contribution in [0.4, 0.5) is 0 Å². The standard InChI is InChI=1S/C21H29NO3/c1-3-21-11-15(23)7-8-16(21)17(22-12-13-4-5-13)10-14-6-9-18(25-2)20(24)19(14)21/h6,9,13,16-17,22,24H,3-5,7-8,10-12H2,1-2H3/t16?,17?,21-/m1/s1. The lowest BCUT2D eigenvalue weighted by Gasteiger charge is -2.51. The second-order valence-electron chi connectivity index (χ2n) is 8.18. The third kappa shape index (κ3) is 2.75. The van der Waals surface area contributed by atoms with Crippen molar-refractivity contribution in [1.82, 2.24) is 5.32 Å². The van der Waals surface area contributed by atoms with Gasteiger partial charge in [-0.15, -0.1) is 0 Å². The van der Waals surface area contributed by atoms with E-state index in [-0.39, 0.29) is 11.2 Å². The van der Waals surface area contributed by atoms with Crippen molar-refractivity contribution in [2.24, 2.45) is 11.8 Å². The number of hydrogen-bond acceptors (Lipinski definition) is 4. The van der Waals surface area contributed by atoms with Crippen molar-refractivity contribution < 1.29 is 14.6 Å². The number of fused-ring (bicyclic) bond motifs is 3. The van der Waals surface area contributed by atoms with Crippen LogP contribution in [-0.2, 0) is 16.6 Å². The van der Waals surface area contributed by atoms with Crippen molar-refractivity contribution in [1.29, 1.82) is 0 Å². The lowest BCUT2D eigenvalue weighted by atomic mass is 9.54. The van der Waals surface area contributed by atoms with Crippen LogP contribution in [0.1, 0.15) is 56.6 Å². The van der Waals surface area contributed by atoms with E-state index in [0.717, 1.165) is 37.3 Å². The number of phenols is 1. The van der Waals surface area contributed by atoms with E-state index in [1.165, 1.54) is 18.4 Å². The maximum absolute atomic E-state index is 12.4. The number of rotatable bonds is 5. The van der Waals surface area contributed by atoms with Gasteiger partial charge in [0.05, 0.1) is 7.11 Å². The molecule has 1 aromatic rings. The van der Waals surface area contributed by atoms with Crippen LogP contribution >= 0.6 is 0 Å². The Morgan fingerprint density at radius 2 is 2.12 bits per heavy atom. The molecule has 3 atom stereocenters. The fourth-order valence-corrected chi connectivity index (χ4v) is 5.33. The van der Waals surface area contributed by atoms with Gasteiger partial charge in [-0.1, -0.05) is 13.0 Å². The van der Waals surface area contributed by atoms with E-state index in [2.05, 4.69) is 18.3 Å². The average Bonchev–Trinajstić information content (AvgIpc) is 3.43. The molecule has 0 bridgehead atoms. The number of aromatic hydroxyl groups is 1. The Morgan fingerprint density at radius 1 is 1.32 bits per heavy atom. The fourth-order valence-electron chi connectivity index (χ4n) is 5.33. The van der Waals surface area contributed by atoms with Gasteiger partial charge in [0.25, 0.3) is 0 Å². The first kappa shape index (κ1) is 16.9. The summed E-state index contributed by atoms with van der Waals surface area (Å²) in [5.74, 6) is 2.34. The highest BCUT2D eigenvalue weighted by Gasteiger charge is 2.52. The maximum Gasteiger partial charge on any atom is 0.161 e. The molecule has 2 fully saturated rings. The molecule has 0 amide bonds. The predicted octanol–water partition coefficient (Wildman–Crippen LogP) is 3.34. The van der Waals surface area contributed by atoms with Crippen LogP contribution in [0.25, 0.3) is 0 Å². The minimum Gasteiger partial charge on any atom is -0.504 e. The number of ether oxygens (including phenoxy) is 1. The van der Waals surface area contributed by atoms with Crippen LogP contribution in [0.3, 0.4) is 0 Å². The largest absolute Gasteiger partial charge is 0.504 e. The number of benzene rings is 1. The van der Waals surface area contributed by atoms with Crippen molar-refractivity contribution in [3.63, 3.8) is 0 Å². The van der Waals surface area contributed by atoms with Crippen LogP contribution < -0.4 is 10.1 Å². The van der Waals surface area contributed by atoms with Gasteiger partial charge in [-0.25, -0.2) is 0 Å². The summed E-state index contributed by atoms with van der Waals surface area (Å²) in [7, 11) is 1.59. The molecule has 4 nitrogen and oxygen atoms in total. The van der Waals surface area contributed by atoms with E-state index in [4.69, 9.17) is 4.74 Å². The van der Waals surface area contributed by atoms with Gasteiger partial charge in [0.2, 0.25) is 0 Å². The Kier molecular flexibility index (Phi) is 4.27. The smallest absolute Gasteiger partial charge is 0.161 e. The minimum atomic E-state index is -0.261. The van der Waals surface area contributed by atoms with Gasteiger partial charge >= 0.3 is 0 Å². The zero-order chi connectivity index (χ0) is 17.6. The number of carbonyl (C=O) groups excluding carboxylic acids is 1. The fraction of sp³-hybridized carbons (Fsp3) is 0.667. The highest BCUT2D eigenvalue weighted by molar-refractivity contribution is 5.82. The van der Waals surface area contributed by atoms with Gasteiger partial charge in [-0.05, 0) is 62.1 Å². The Labute approximate surface area is 150 Å². The summed E-state index contributed by atoms with van der Waals surface area (Å²) in [6.45, 7) is 3.25. The zero-order valence-corrected chi connectivity index (χ0v) is 15.3. The van der Waals surface area contributed by atoms with Crippen molar-refractivity contribution in [3.05, 3.63) is 23.3 Å². The van der Waals surface area contributed by atoms with E-state index < -0.39 is 0 Å². The lowest BCUT2D eigenvalue weighted by molar-refractivity contribution is -0.124. The summed E-state index contributed by atoms with van der Waals surface area (Å²) in [5, 5.41) is 14.7. The molecule has 25 heavy (non-hydrogen) atoms. The molecule has 2 saturated carbocycles. The number of hydrogen-bond donors (Lipinski definition) is 2. The molecular weight excluding hydrogens is 314 g/mol. The van der Waals surface area contributed by atoms with Crippen LogP contribution in [0.15, 0.2) is 12.1 Å². The monoisotopic (exact) mass is 343 g/mol. The summed E-state index contributed by atoms with van der Waals surface area (Å²) in [4.78, 5) is 12.4. The van der Waals surface area contributed by atoms with Gasteiger partial charge in [0.15, 0.2) is 11.5 Å². The Morgan fingerprint density at radius 3 is 2.80 bits per heavy atom. The molecule has 0 saturated heterocycles. The molecule has 136 valence electrons. The molecule has 0 aliphatic heterocycles. The zero-order valence-electron chi connectivity index (χ0n) is 15.3. The number of carbonyl (C=O) groups is 1. The maximum atomic E-state index is 12.4. The summed E-state index contributed by atoms with van der Waals surface area (Å²) in [5.41, 5.74) is 1.90. The number of methoxy groups -OCH3 is 1. The number of phenolic OH excluding ortho intramolecular Hbond substituents is 1.